The molecule has 0 aromatic carbocycles. The molecule has 0 heterocycles. The number of aliphatic hydroxyl groups is 1. The van der Waals surface area contributed by atoms with Crippen LogP contribution < -0.4 is 0 Å². The standard InChI is InChI=1S/C13H20O2/c1-9(14)5-6-11-10(2)12(15)7-8-13(11,3)4/h5-6,9,14H,7-8H2,1-4H3/b6-5+. The zero-order valence-corrected chi connectivity index (χ0v) is 10.0. The fraction of sp³-hybridized carbons (Fsp3) is 0.615. The number of aliphatic hydroxyl groups excluding tert-OH is 1. The molecule has 0 radical (unpaired) electrons. The maximum atomic E-state index is 11.6. The van der Waals surface area contributed by atoms with E-state index >= 15 is 0 Å². The van der Waals surface area contributed by atoms with Gasteiger partial charge in [0.25, 0.3) is 0 Å². The molecule has 0 spiro atoms. The van der Waals surface area contributed by atoms with Crippen LogP contribution in [-0.4, -0.2) is 17.0 Å². The van der Waals surface area contributed by atoms with Crippen molar-refractivity contribution in [3.63, 3.8) is 0 Å². The molecule has 0 fully saturated rings. The molecule has 84 valence electrons. The number of Topliss-reactive ketones (excluding diaryl/α,β-unsaturated/α-hetero) is 1. The summed E-state index contributed by atoms with van der Waals surface area (Å²) in [6.07, 6.45) is 4.71. The largest absolute Gasteiger partial charge is 0.389 e. The average Bonchev–Trinajstić information content (AvgIpc) is 2.11. The minimum Gasteiger partial charge on any atom is -0.389 e. The van der Waals surface area contributed by atoms with E-state index in [1.807, 2.05) is 13.0 Å². The van der Waals surface area contributed by atoms with Gasteiger partial charge >= 0.3 is 0 Å². The van der Waals surface area contributed by atoms with Crippen LogP contribution in [0.25, 0.3) is 0 Å². The molecule has 0 aliphatic heterocycles. The monoisotopic (exact) mass is 208 g/mol. The molecule has 1 rings (SSSR count). The van der Waals surface area contributed by atoms with Crippen molar-refractivity contribution in [1.82, 2.24) is 0 Å². The van der Waals surface area contributed by atoms with E-state index in [1.54, 1.807) is 13.0 Å². The molecular formula is C13H20O2. The van der Waals surface area contributed by atoms with Gasteiger partial charge in [0.15, 0.2) is 5.78 Å². The van der Waals surface area contributed by atoms with E-state index in [4.69, 9.17) is 0 Å². The Morgan fingerprint density at radius 2 is 2.07 bits per heavy atom. The van der Waals surface area contributed by atoms with Gasteiger partial charge < -0.3 is 5.11 Å². The van der Waals surface area contributed by atoms with Crippen LogP contribution in [0.5, 0.6) is 0 Å². The highest BCUT2D eigenvalue weighted by Gasteiger charge is 2.30. The first-order chi connectivity index (χ1) is 6.84. The zero-order valence-electron chi connectivity index (χ0n) is 10.0. The summed E-state index contributed by atoms with van der Waals surface area (Å²) in [6, 6.07) is 0. The van der Waals surface area contributed by atoms with Crippen molar-refractivity contribution in [2.45, 2.75) is 46.6 Å². The number of carbonyl (C=O) groups is 1. The molecule has 0 aromatic rings. The first kappa shape index (κ1) is 12.2. The number of hydrogen-bond acceptors (Lipinski definition) is 2. The van der Waals surface area contributed by atoms with Gasteiger partial charge in [0.2, 0.25) is 0 Å². The quantitative estimate of drug-likeness (QED) is 0.757. The molecule has 2 heteroatoms. The number of hydrogen-bond donors (Lipinski definition) is 1. The molecule has 0 saturated heterocycles. The topological polar surface area (TPSA) is 37.3 Å². The third-order valence-electron chi connectivity index (χ3n) is 3.07. The summed E-state index contributed by atoms with van der Waals surface area (Å²) in [4.78, 5) is 11.6. The summed E-state index contributed by atoms with van der Waals surface area (Å²) in [5, 5.41) is 9.21. The predicted octanol–water partition coefficient (Wildman–Crippen LogP) is 2.63. The van der Waals surface area contributed by atoms with E-state index in [0.29, 0.717) is 6.42 Å². The van der Waals surface area contributed by atoms with Gasteiger partial charge in [-0.25, -0.2) is 0 Å². The van der Waals surface area contributed by atoms with Crippen molar-refractivity contribution in [3.8, 4) is 0 Å². The molecule has 1 unspecified atom stereocenters. The molecule has 0 amide bonds. The normalized spacial score (nSPS) is 23.7. The Balaban J connectivity index is 3.07. The average molecular weight is 208 g/mol. The maximum Gasteiger partial charge on any atom is 0.158 e. The van der Waals surface area contributed by atoms with Crippen molar-refractivity contribution in [2.24, 2.45) is 5.41 Å². The minimum absolute atomic E-state index is 0.0450. The molecule has 0 bridgehead atoms. The van der Waals surface area contributed by atoms with E-state index in [-0.39, 0.29) is 11.2 Å². The maximum absolute atomic E-state index is 11.6. The Bertz CT molecular complexity index is 319. The van der Waals surface area contributed by atoms with E-state index in [0.717, 1.165) is 17.6 Å². The van der Waals surface area contributed by atoms with Gasteiger partial charge in [-0.1, -0.05) is 26.0 Å². The van der Waals surface area contributed by atoms with Crippen LogP contribution in [0.1, 0.15) is 40.5 Å². The molecule has 15 heavy (non-hydrogen) atoms. The zero-order chi connectivity index (χ0) is 11.6. The highest BCUT2D eigenvalue weighted by atomic mass is 16.3. The summed E-state index contributed by atoms with van der Waals surface area (Å²) in [5.41, 5.74) is 1.96. The summed E-state index contributed by atoms with van der Waals surface area (Å²) in [5.74, 6) is 0.236. The summed E-state index contributed by atoms with van der Waals surface area (Å²) in [6.45, 7) is 7.88. The second kappa shape index (κ2) is 4.31. The van der Waals surface area contributed by atoms with Gasteiger partial charge in [-0.2, -0.15) is 0 Å². The van der Waals surface area contributed by atoms with Gasteiger partial charge in [0.05, 0.1) is 6.10 Å². The minimum atomic E-state index is -0.460. The highest BCUT2D eigenvalue weighted by Crippen LogP contribution is 2.39. The lowest BCUT2D eigenvalue weighted by Gasteiger charge is -2.32. The first-order valence-electron chi connectivity index (χ1n) is 5.45. The molecule has 0 saturated carbocycles. The van der Waals surface area contributed by atoms with Crippen LogP contribution >= 0.6 is 0 Å². The van der Waals surface area contributed by atoms with Crippen LogP contribution in [0.4, 0.5) is 0 Å². The molecule has 0 aromatic heterocycles. The summed E-state index contributed by atoms with van der Waals surface area (Å²) < 4.78 is 0. The summed E-state index contributed by atoms with van der Waals surface area (Å²) in [7, 11) is 0. The number of allylic oxidation sites excluding steroid dienone is 3. The van der Waals surface area contributed by atoms with E-state index in [2.05, 4.69) is 13.8 Å². The van der Waals surface area contributed by atoms with Crippen LogP contribution in [0.15, 0.2) is 23.3 Å². The Kier molecular flexibility index (Phi) is 3.50. The lowest BCUT2D eigenvalue weighted by Crippen LogP contribution is -2.24. The molecule has 1 aliphatic rings. The van der Waals surface area contributed by atoms with Gasteiger partial charge in [-0.15, -0.1) is 0 Å². The molecule has 1 N–H and O–H groups in total. The van der Waals surface area contributed by atoms with Crippen LogP contribution in [0, 0.1) is 5.41 Å². The van der Waals surface area contributed by atoms with Gasteiger partial charge in [-0.05, 0) is 36.8 Å². The van der Waals surface area contributed by atoms with Gasteiger partial charge in [-0.3, -0.25) is 4.79 Å². The third kappa shape index (κ3) is 2.78. The van der Waals surface area contributed by atoms with Crippen LogP contribution in [0.3, 0.4) is 0 Å². The lowest BCUT2D eigenvalue weighted by atomic mass is 9.72. The van der Waals surface area contributed by atoms with Crippen molar-refractivity contribution in [3.05, 3.63) is 23.3 Å². The van der Waals surface area contributed by atoms with Crippen molar-refractivity contribution in [2.75, 3.05) is 0 Å². The Labute approximate surface area is 91.7 Å². The highest BCUT2D eigenvalue weighted by molar-refractivity contribution is 5.97. The molecular weight excluding hydrogens is 188 g/mol. The van der Waals surface area contributed by atoms with Crippen molar-refractivity contribution >= 4 is 5.78 Å². The van der Waals surface area contributed by atoms with Gasteiger partial charge in [0.1, 0.15) is 0 Å². The fourth-order valence-electron chi connectivity index (χ4n) is 1.99. The second-order valence-electron chi connectivity index (χ2n) is 4.95. The fourth-order valence-corrected chi connectivity index (χ4v) is 1.99. The van der Waals surface area contributed by atoms with Crippen molar-refractivity contribution < 1.29 is 9.90 Å². The lowest BCUT2D eigenvalue weighted by molar-refractivity contribution is -0.116. The predicted molar refractivity (Wildman–Crippen MR) is 61.5 cm³/mol. The summed E-state index contributed by atoms with van der Waals surface area (Å²) >= 11 is 0. The third-order valence-corrected chi connectivity index (χ3v) is 3.07. The number of ketones is 1. The van der Waals surface area contributed by atoms with Gasteiger partial charge in [0, 0.05) is 6.42 Å². The Hall–Kier alpha value is -0.890. The first-order valence-corrected chi connectivity index (χ1v) is 5.45. The van der Waals surface area contributed by atoms with Crippen molar-refractivity contribution in [1.29, 1.82) is 0 Å². The molecule has 2 nitrogen and oxygen atoms in total. The molecule has 1 aliphatic carbocycles. The molecule has 1 atom stereocenters. The Morgan fingerprint density at radius 3 is 2.60 bits per heavy atom. The van der Waals surface area contributed by atoms with E-state index < -0.39 is 6.10 Å². The smallest absolute Gasteiger partial charge is 0.158 e. The van der Waals surface area contributed by atoms with E-state index in [1.165, 1.54) is 0 Å². The second-order valence-corrected chi connectivity index (χ2v) is 4.95. The SMILES string of the molecule is CC1=C(/C=C/C(C)O)C(C)(C)CCC1=O. The van der Waals surface area contributed by atoms with E-state index in [9.17, 15) is 9.90 Å². The van der Waals surface area contributed by atoms with Crippen LogP contribution in [0.2, 0.25) is 0 Å². The number of rotatable bonds is 2. The van der Waals surface area contributed by atoms with Crippen LogP contribution in [-0.2, 0) is 4.79 Å². The Morgan fingerprint density at radius 1 is 1.47 bits per heavy atom. The number of carbonyl (C=O) groups excluding carboxylic acids is 1.